The van der Waals surface area contributed by atoms with Crippen LogP contribution in [0.25, 0.3) is 0 Å². The van der Waals surface area contributed by atoms with Crippen molar-refractivity contribution in [3.8, 4) is 0 Å². The SMILES string of the molecule is CCN(C[C@H]1CCOC1)C(=O)CCSc1ccccc1Cl. The Labute approximate surface area is 136 Å². The Bertz CT molecular complexity index is 463. The van der Waals surface area contributed by atoms with Crippen molar-refractivity contribution < 1.29 is 9.53 Å². The highest BCUT2D eigenvalue weighted by atomic mass is 35.5. The van der Waals surface area contributed by atoms with E-state index < -0.39 is 0 Å². The molecule has 1 atom stereocenters. The Balaban J connectivity index is 1.75. The Morgan fingerprint density at radius 2 is 2.29 bits per heavy atom. The van der Waals surface area contributed by atoms with Crippen LogP contribution in [0.5, 0.6) is 0 Å². The molecule has 1 aromatic carbocycles. The molecule has 3 nitrogen and oxygen atoms in total. The molecular weight excluding hydrogens is 306 g/mol. The van der Waals surface area contributed by atoms with E-state index >= 15 is 0 Å². The summed E-state index contributed by atoms with van der Waals surface area (Å²) in [4.78, 5) is 15.3. The topological polar surface area (TPSA) is 29.5 Å². The van der Waals surface area contributed by atoms with Gasteiger partial charge in [-0.25, -0.2) is 0 Å². The number of carbonyl (C=O) groups excluding carboxylic acids is 1. The number of benzene rings is 1. The minimum absolute atomic E-state index is 0.226. The second-order valence-corrected chi connectivity index (χ2v) is 6.73. The van der Waals surface area contributed by atoms with Gasteiger partial charge in [0.05, 0.1) is 11.6 Å². The molecule has 1 aromatic rings. The van der Waals surface area contributed by atoms with E-state index in [2.05, 4.69) is 0 Å². The highest BCUT2D eigenvalue weighted by Gasteiger charge is 2.21. The predicted molar refractivity (Wildman–Crippen MR) is 88.0 cm³/mol. The van der Waals surface area contributed by atoms with Crippen molar-refractivity contribution in [2.24, 2.45) is 5.92 Å². The van der Waals surface area contributed by atoms with Crippen LogP contribution < -0.4 is 0 Å². The summed E-state index contributed by atoms with van der Waals surface area (Å²) in [5.74, 6) is 1.49. The van der Waals surface area contributed by atoms with Crippen LogP contribution in [-0.4, -0.2) is 42.9 Å². The summed E-state index contributed by atoms with van der Waals surface area (Å²) in [7, 11) is 0. The van der Waals surface area contributed by atoms with Crippen molar-refractivity contribution in [1.82, 2.24) is 4.90 Å². The summed E-state index contributed by atoms with van der Waals surface area (Å²) in [6.07, 6.45) is 1.62. The van der Waals surface area contributed by atoms with Crippen molar-refractivity contribution in [1.29, 1.82) is 0 Å². The van der Waals surface area contributed by atoms with Crippen LogP contribution in [0, 0.1) is 5.92 Å². The minimum atomic E-state index is 0.226. The molecule has 21 heavy (non-hydrogen) atoms. The van der Waals surface area contributed by atoms with E-state index in [0.29, 0.717) is 12.3 Å². The summed E-state index contributed by atoms with van der Waals surface area (Å²) < 4.78 is 5.38. The smallest absolute Gasteiger partial charge is 0.223 e. The molecule has 1 saturated heterocycles. The summed E-state index contributed by atoms with van der Waals surface area (Å²) >= 11 is 7.75. The van der Waals surface area contributed by atoms with Crippen LogP contribution in [-0.2, 0) is 9.53 Å². The molecule has 0 spiro atoms. The van der Waals surface area contributed by atoms with Crippen LogP contribution in [0.15, 0.2) is 29.2 Å². The first-order chi connectivity index (χ1) is 10.2. The molecule has 116 valence electrons. The largest absolute Gasteiger partial charge is 0.381 e. The van der Waals surface area contributed by atoms with E-state index in [1.54, 1.807) is 11.8 Å². The monoisotopic (exact) mass is 327 g/mol. The van der Waals surface area contributed by atoms with E-state index in [-0.39, 0.29) is 5.91 Å². The molecule has 5 heteroatoms. The number of hydrogen-bond donors (Lipinski definition) is 0. The lowest BCUT2D eigenvalue weighted by Gasteiger charge is -2.23. The zero-order chi connectivity index (χ0) is 15.1. The second-order valence-electron chi connectivity index (χ2n) is 5.19. The van der Waals surface area contributed by atoms with Gasteiger partial charge in [0.15, 0.2) is 0 Å². The van der Waals surface area contributed by atoms with Crippen molar-refractivity contribution in [2.45, 2.75) is 24.7 Å². The Kier molecular flexibility index (Phi) is 6.87. The van der Waals surface area contributed by atoms with Gasteiger partial charge in [-0.3, -0.25) is 4.79 Å². The molecule has 0 aromatic heterocycles. The lowest BCUT2D eigenvalue weighted by Crippen LogP contribution is -2.35. The summed E-state index contributed by atoms with van der Waals surface area (Å²) in [5, 5.41) is 0.755. The van der Waals surface area contributed by atoms with Crippen molar-refractivity contribution in [3.05, 3.63) is 29.3 Å². The number of hydrogen-bond acceptors (Lipinski definition) is 3. The second kappa shape index (κ2) is 8.66. The van der Waals surface area contributed by atoms with Crippen LogP contribution in [0.4, 0.5) is 0 Å². The minimum Gasteiger partial charge on any atom is -0.381 e. The number of halogens is 1. The van der Waals surface area contributed by atoms with E-state index in [1.807, 2.05) is 36.1 Å². The first-order valence-corrected chi connectivity index (χ1v) is 8.80. The molecule has 0 unspecified atom stereocenters. The lowest BCUT2D eigenvalue weighted by molar-refractivity contribution is -0.131. The van der Waals surface area contributed by atoms with E-state index in [1.165, 1.54) is 0 Å². The molecule has 1 fully saturated rings. The number of carbonyl (C=O) groups is 1. The number of amides is 1. The molecule has 0 bridgehead atoms. The van der Waals surface area contributed by atoms with E-state index in [0.717, 1.165) is 48.4 Å². The van der Waals surface area contributed by atoms with Crippen LogP contribution in [0.1, 0.15) is 19.8 Å². The Morgan fingerprint density at radius 3 is 2.95 bits per heavy atom. The Hall–Kier alpha value is -0.710. The van der Waals surface area contributed by atoms with Gasteiger partial charge in [0.2, 0.25) is 5.91 Å². The van der Waals surface area contributed by atoms with Gasteiger partial charge in [-0.2, -0.15) is 0 Å². The number of nitrogens with zero attached hydrogens (tertiary/aromatic N) is 1. The number of ether oxygens (including phenoxy) is 1. The lowest BCUT2D eigenvalue weighted by atomic mass is 10.1. The quantitative estimate of drug-likeness (QED) is 0.715. The normalized spacial score (nSPS) is 17.9. The Morgan fingerprint density at radius 1 is 1.48 bits per heavy atom. The first kappa shape index (κ1) is 16.7. The van der Waals surface area contributed by atoms with Gasteiger partial charge in [-0.05, 0) is 25.5 Å². The molecular formula is C16H22ClNO2S. The van der Waals surface area contributed by atoms with Gasteiger partial charge < -0.3 is 9.64 Å². The van der Waals surface area contributed by atoms with Gasteiger partial charge in [0, 0.05) is 42.7 Å². The molecule has 0 N–H and O–H groups in total. The maximum Gasteiger partial charge on any atom is 0.223 e. The van der Waals surface area contributed by atoms with Crippen molar-refractivity contribution in [3.63, 3.8) is 0 Å². The number of thioether (sulfide) groups is 1. The van der Waals surface area contributed by atoms with Gasteiger partial charge in [-0.15, -0.1) is 11.8 Å². The molecule has 1 aliphatic heterocycles. The van der Waals surface area contributed by atoms with E-state index in [4.69, 9.17) is 16.3 Å². The molecule has 0 radical (unpaired) electrons. The average Bonchev–Trinajstić information content (AvgIpc) is 2.99. The highest BCUT2D eigenvalue weighted by Crippen LogP contribution is 2.27. The predicted octanol–water partition coefficient (Wildman–Crippen LogP) is 3.71. The maximum absolute atomic E-state index is 12.3. The van der Waals surface area contributed by atoms with Crippen LogP contribution in [0.3, 0.4) is 0 Å². The molecule has 2 rings (SSSR count). The first-order valence-electron chi connectivity index (χ1n) is 7.43. The third kappa shape index (κ3) is 5.20. The third-order valence-corrected chi connectivity index (χ3v) is 5.16. The van der Waals surface area contributed by atoms with Gasteiger partial charge in [-0.1, -0.05) is 23.7 Å². The van der Waals surface area contributed by atoms with Gasteiger partial charge in [0.1, 0.15) is 0 Å². The zero-order valence-corrected chi connectivity index (χ0v) is 14.0. The molecule has 1 heterocycles. The van der Waals surface area contributed by atoms with Crippen molar-refractivity contribution in [2.75, 3.05) is 32.1 Å². The molecule has 1 amide bonds. The average molecular weight is 328 g/mol. The summed E-state index contributed by atoms with van der Waals surface area (Å²) in [6.45, 7) is 5.25. The third-order valence-electron chi connectivity index (χ3n) is 3.65. The van der Waals surface area contributed by atoms with E-state index in [9.17, 15) is 4.79 Å². The fourth-order valence-corrected chi connectivity index (χ4v) is 3.59. The molecule has 1 aliphatic rings. The fraction of sp³-hybridized carbons (Fsp3) is 0.562. The number of rotatable bonds is 7. The zero-order valence-electron chi connectivity index (χ0n) is 12.4. The summed E-state index contributed by atoms with van der Waals surface area (Å²) in [6, 6.07) is 7.75. The fourth-order valence-electron chi connectivity index (χ4n) is 2.41. The molecule has 0 saturated carbocycles. The highest BCUT2D eigenvalue weighted by molar-refractivity contribution is 7.99. The van der Waals surface area contributed by atoms with Gasteiger partial charge >= 0.3 is 0 Å². The molecule has 0 aliphatic carbocycles. The van der Waals surface area contributed by atoms with Gasteiger partial charge in [0.25, 0.3) is 0 Å². The maximum atomic E-state index is 12.3. The summed E-state index contributed by atoms with van der Waals surface area (Å²) in [5.41, 5.74) is 0. The standard InChI is InChI=1S/C16H22ClNO2S/c1-2-18(11-13-7-9-20-12-13)16(19)8-10-21-15-6-4-3-5-14(15)17/h3-6,13H,2,7-12H2,1H3/t13-/m1/s1. The van der Waals surface area contributed by atoms with Crippen LogP contribution in [0.2, 0.25) is 5.02 Å². The van der Waals surface area contributed by atoms with Crippen molar-refractivity contribution >= 4 is 29.3 Å². The van der Waals surface area contributed by atoms with Crippen LogP contribution >= 0.6 is 23.4 Å².